The van der Waals surface area contributed by atoms with Gasteiger partial charge >= 0.3 is 0 Å². The second kappa shape index (κ2) is 9.70. The van der Waals surface area contributed by atoms with Crippen LogP contribution in [0.1, 0.15) is 85.6 Å². The van der Waals surface area contributed by atoms with Crippen molar-refractivity contribution in [3.05, 3.63) is 46.8 Å². The van der Waals surface area contributed by atoms with Gasteiger partial charge in [0.05, 0.1) is 5.69 Å². The van der Waals surface area contributed by atoms with E-state index in [1.807, 2.05) is 9.58 Å². The number of fused-ring (bicyclic) bond motifs is 1. The van der Waals surface area contributed by atoms with Gasteiger partial charge in [-0.3, -0.25) is 9.59 Å². The molecule has 6 heteroatoms. The van der Waals surface area contributed by atoms with Crippen molar-refractivity contribution in [3.8, 4) is 5.69 Å². The molecule has 2 amide bonds. The Morgan fingerprint density at radius 1 is 0.970 bits per heavy atom. The van der Waals surface area contributed by atoms with Crippen molar-refractivity contribution in [2.75, 3.05) is 13.1 Å². The molecule has 0 spiro atoms. The SMILES string of the molecule is CCc1ccc(-n2nc(C(=O)NC3CCN(C(=O)C4CCCCC4)CC3)c3c2CCC3)cc1. The van der Waals surface area contributed by atoms with E-state index in [1.165, 1.54) is 30.5 Å². The summed E-state index contributed by atoms with van der Waals surface area (Å²) in [6.45, 7) is 3.65. The van der Waals surface area contributed by atoms with Crippen LogP contribution in [-0.4, -0.2) is 45.6 Å². The molecular formula is C27H36N4O2. The Morgan fingerprint density at radius 2 is 1.70 bits per heavy atom. The summed E-state index contributed by atoms with van der Waals surface area (Å²) >= 11 is 0. The molecule has 2 aromatic rings. The molecule has 176 valence electrons. The minimum atomic E-state index is -0.0610. The van der Waals surface area contributed by atoms with E-state index < -0.39 is 0 Å². The first-order valence-electron chi connectivity index (χ1n) is 12.9. The number of nitrogens with zero attached hydrogens (tertiary/aromatic N) is 3. The Kier molecular flexibility index (Phi) is 6.52. The lowest BCUT2D eigenvalue weighted by molar-refractivity contribution is -0.137. The summed E-state index contributed by atoms with van der Waals surface area (Å²) in [5, 5.41) is 8.00. The zero-order chi connectivity index (χ0) is 22.8. The number of hydrogen-bond acceptors (Lipinski definition) is 3. The molecule has 1 saturated heterocycles. The zero-order valence-electron chi connectivity index (χ0n) is 19.8. The standard InChI is InChI=1S/C27H36N4O2/c1-2-19-11-13-22(14-12-19)31-24-10-6-9-23(24)25(29-31)26(32)28-21-15-17-30(18-16-21)27(33)20-7-4-3-5-8-20/h11-14,20-21H,2-10,15-18H2,1H3,(H,28,32). The number of aryl methyl sites for hydroxylation is 1. The molecule has 33 heavy (non-hydrogen) atoms. The Balaban J connectivity index is 1.23. The van der Waals surface area contributed by atoms with E-state index in [4.69, 9.17) is 5.10 Å². The predicted octanol–water partition coefficient (Wildman–Crippen LogP) is 4.22. The number of aromatic nitrogens is 2. The van der Waals surface area contributed by atoms with Crippen molar-refractivity contribution in [2.24, 2.45) is 5.92 Å². The summed E-state index contributed by atoms with van der Waals surface area (Å²) < 4.78 is 1.97. The minimum absolute atomic E-state index is 0.0610. The Labute approximate surface area is 196 Å². The first-order valence-corrected chi connectivity index (χ1v) is 12.9. The smallest absolute Gasteiger partial charge is 0.272 e. The van der Waals surface area contributed by atoms with Gasteiger partial charge in [0, 0.05) is 36.3 Å². The molecule has 5 rings (SSSR count). The van der Waals surface area contributed by atoms with E-state index in [1.54, 1.807) is 0 Å². The van der Waals surface area contributed by atoms with E-state index in [2.05, 4.69) is 36.5 Å². The number of amides is 2. The van der Waals surface area contributed by atoms with Crippen LogP contribution in [0.3, 0.4) is 0 Å². The molecule has 1 aromatic carbocycles. The highest BCUT2D eigenvalue weighted by Gasteiger charge is 2.31. The fourth-order valence-corrected chi connectivity index (χ4v) is 5.81. The molecule has 1 aromatic heterocycles. The molecular weight excluding hydrogens is 412 g/mol. The van der Waals surface area contributed by atoms with E-state index in [0.29, 0.717) is 11.6 Å². The van der Waals surface area contributed by atoms with Gasteiger partial charge in [0.15, 0.2) is 5.69 Å². The van der Waals surface area contributed by atoms with Crippen molar-refractivity contribution in [1.29, 1.82) is 0 Å². The van der Waals surface area contributed by atoms with Crippen LogP contribution in [0.5, 0.6) is 0 Å². The van der Waals surface area contributed by atoms with Gasteiger partial charge in [0.25, 0.3) is 5.91 Å². The van der Waals surface area contributed by atoms with E-state index in [0.717, 1.165) is 75.7 Å². The van der Waals surface area contributed by atoms with E-state index in [9.17, 15) is 9.59 Å². The summed E-state index contributed by atoms with van der Waals surface area (Å²) in [7, 11) is 0. The van der Waals surface area contributed by atoms with Crippen molar-refractivity contribution >= 4 is 11.8 Å². The van der Waals surface area contributed by atoms with E-state index in [-0.39, 0.29) is 17.9 Å². The fraction of sp³-hybridized carbons (Fsp3) is 0.593. The number of rotatable bonds is 5. The molecule has 2 aliphatic carbocycles. The summed E-state index contributed by atoms with van der Waals surface area (Å²) in [5.74, 6) is 0.502. The monoisotopic (exact) mass is 448 g/mol. The van der Waals surface area contributed by atoms with Crippen molar-refractivity contribution in [2.45, 2.75) is 83.6 Å². The first kappa shape index (κ1) is 22.2. The van der Waals surface area contributed by atoms with Gasteiger partial charge in [-0.15, -0.1) is 0 Å². The second-order valence-electron chi connectivity index (χ2n) is 9.97. The third-order valence-electron chi connectivity index (χ3n) is 7.83. The first-order chi connectivity index (χ1) is 16.1. The van der Waals surface area contributed by atoms with Crippen LogP contribution in [0.2, 0.25) is 0 Å². The van der Waals surface area contributed by atoms with Crippen LogP contribution in [0, 0.1) is 5.92 Å². The van der Waals surface area contributed by atoms with Gasteiger partial charge in [-0.25, -0.2) is 4.68 Å². The number of carbonyl (C=O) groups excluding carboxylic acids is 2. The Bertz CT molecular complexity index is 996. The zero-order valence-corrected chi connectivity index (χ0v) is 19.8. The largest absolute Gasteiger partial charge is 0.348 e. The van der Waals surface area contributed by atoms with Crippen molar-refractivity contribution in [3.63, 3.8) is 0 Å². The molecule has 3 aliphatic rings. The Morgan fingerprint density at radius 3 is 2.39 bits per heavy atom. The van der Waals surface area contributed by atoms with Gasteiger partial charge in [0.2, 0.25) is 5.91 Å². The molecule has 2 fully saturated rings. The van der Waals surface area contributed by atoms with Gasteiger partial charge in [0.1, 0.15) is 0 Å². The van der Waals surface area contributed by atoms with Gasteiger partial charge in [-0.1, -0.05) is 38.3 Å². The molecule has 0 radical (unpaired) electrons. The maximum Gasteiger partial charge on any atom is 0.272 e. The van der Waals surface area contributed by atoms with Crippen LogP contribution in [0.15, 0.2) is 24.3 Å². The number of benzene rings is 1. The van der Waals surface area contributed by atoms with Gasteiger partial charge in [-0.05, 0) is 69.1 Å². The Hall–Kier alpha value is -2.63. The molecule has 1 N–H and O–H groups in total. The third kappa shape index (κ3) is 4.57. The molecule has 1 saturated carbocycles. The van der Waals surface area contributed by atoms with Gasteiger partial charge in [-0.2, -0.15) is 5.10 Å². The number of likely N-dealkylation sites (tertiary alicyclic amines) is 1. The van der Waals surface area contributed by atoms with Crippen molar-refractivity contribution < 1.29 is 9.59 Å². The molecule has 0 atom stereocenters. The summed E-state index contributed by atoms with van der Waals surface area (Å²) in [6, 6.07) is 8.59. The maximum absolute atomic E-state index is 13.2. The lowest BCUT2D eigenvalue weighted by Crippen LogP contribution is -2.48. The third-order valence-corrected chi connectivity index (χ3v) is 7.83. The lowest BCUT2D eigenvalue weighted by atomic mass is 9.87. The predicted molar refractivity (Wildman–Crippen MR) is 129 cm³/mol. The fourth-order valence-electron chi connectivity index (χ4n) is 5.81. The average Bonchev–Trinajstić information content (AvgIpc) is 3.48. The highest BCUT2D eigenvalue weighted by molar-refractivity contribution is 5.94. The van der Waals surface area contributed by atoms with Gasteiger partial charge < -0.3 is 10.2 Å². The number of carbonyl (C=O) groups is 2. The topological polar surface area (TPSA) is 67.2 Å². The molecule has 0 unspecified atom stereocenters. The molecule has 0 bridgehead atoms. The summed E-state index contributed by atoms with van der Waals surface area (Å²) in [6.07, 6.45) is 11.3. The van der Waals surface area contributed by atoms with Crippen LogP contribution in [-0.2, 0) is 24.1 Å². The highest BCUT2D eigenvalue weighted by Crippen LogP contribution is 2.29. The number of nitrogens with one attached hydrogen (secondary N) is 1. The normalized spacial score (nSPS) is 19.5. The summed E-state index contributed by atoms with van der Waals surface area (Å²) in [5.41, 5.74) is 5.20. The lowest BCUT2D eigenvalue weighted by Gasteiger charge is -2.35. The van der Waals surface area contributed by atoms with E-state index >= 15 is 0 Å². The summed E-state index contributed by atoms with van der Waals surface area (Å²) in [4.78, 5) is 28.1. The minimum Gasteiger partial charge on any atom is -0.348 e. The van der Waals surface area contributed by atoms with Crippen LogP contribution >= 0.6 is 0 Å². The second-order valence-corrected chi connectivity index (χ2v) is 9.97. The maximum atomic E-state index is 13.2. The highest BCUT2D eigenvalue weighted by atomic mass is 16.2. The molecule has 2 heterocycles. The molecule has 1 aliphatic heterocycles. The van der Waals surface area contributed by atoms with Crippen LogP contribution in [0.25, 0.3) is 5.69 Å². The average molecular weight is 449 g/mol. The van der Waals surface area contributed by atoms with Crippen LogP contribution < -0.4 is 5.32 Å². The quantitative estimate of drug-likeness (QED) is 0.745. The van der Waals surface area contributed by atoms with Crippen molar-refractivity contribution in [1.82, 2.24) is 20.0 Å². The number of piperidine rings is 1. The number of hydrogen-bond donors (Lipinski definition) is 1. The van der Waals surface area contributed by atoms with Crippen LogP contribution in [0.4, 0.5) is 0 Å². The molecule has 6 nitrogen and oxygen atoms in total.